The molecule has 0 radical (unpaired) electrons. The molecule has 1 amide bonds. The highest BCUT2D eigenvalue weighted by Crippen LogP contribution is 2.26. The average Bonchev–Trinajstić information content (AvgIpc) is 2.99. The zero-order valence-electron chi connectivity index (χ0n) is 11.3. The van der Waals surface area contributed by atoms with Crippen LogP contribution in [0, 0.1) is 0 Å². The lowest BCUT2D eigenvalue weighted by atomic mass is 10.3. The van der Waals surface area contributed by atoms with Gasteiger partial charge in [0.2, 0.25) is 0 Å². The van der Waals surface area contributed by atoms with Crippen LogP contribution in [0.5, 0.6) is 11.5 Å². The Morgan fingerprint density at radius 3 is 2.55 bits per heavy atom. The molecule has 5 heteroatoms. The van der Waals surface area contributed by atoms with E-state index in [0.29, 0.717) is 30.4 Å². The summed E-state index contributed by atoms with van der Waals surface area (Å²) in [5.74, 6) is 1.35. The smallest absolute Gasteiger partial charge is 0.261 e. The van der Waals surface area contributed by atoms with Crippen molar-refractivity contribution in [2.24, 2.45) is 0 Å². The molecule has 1 N–H and O–H groups in total. The number of para-hydroxylation sites is 2. The van der Waals surface area contributed by atoms with Crippen LogP contribution in [0.25, 0.3) is 0 Å². The quantitative estimate of drug-likeness (QED) is 0.798. The normalized spacial score (nSPS) is 10.1. The first-order valence-electron chi connectivity index (χ1n) is 6.47. The molecule has 1 heterocycles. The van der Waals surface area contributed by atoms with E-state index < -0.39 is 0 Å². The maximum Gasteiger partial charge on any atom is 0.261 e. The molecule has 20 heavy (non-hydrogen) atoms. The molecule has 0 bridgehead atoms. The number of benzene rings is 1. The van der Waals surface area contributed by atoms with Gasteiger partial charge in [0, 0.05) is 0 Å². The summed E-state index contributed by atoms with van der Waals surface area (Å²) in [6.45, 7) is 3.38. The summed E-state index contributed by atoms with van der Waals surface area (Å²) < 4.78 is 11.1. The first kappa shape index (κ1) is 14.4. The van der Waals surface area contributed by atoms with Crippen molar-refractivity contribution in [3.63, 3.8) is 0 Å². The molecule has 2 rings (SSSR count). The highest BCUT2D eigenvalue weighted by molar-refractivity contribution is 7.12. The summed E-state index contributed by atoms with van der Waals surface area (Å²) in [5.41, 5.74) is 0. The third-order valence-corrected chi connectivity index (χ3v) is 3.41. The number of ether oxygens (including phenoxy) is 2. The molecule has 4 nitrogen and oxygen atoms in total. The summed E-state index contributed by atoms with van der Waals surface area (Å²) in [7, 11) is 0. The van der Waals surface area contributed by atoms with E-state index in [1.807, 2.05) is 42.6 Å². The molecule has 1 aromatic heterocycles. The van der Waals surface area contributed by atoms with Crippen molar-refractivity contribution < 1.29 is 14.3 Å². The van der Waals surface area contributed by atoms with E-state index in [1.165, 1.54) is 11.3 Å². The molecule has 2 aromatic rings. The zero-order chi connectivity index (χ0) is 14.2. The van der Waals surface area contributed by atoms with Crippen LogP contribution >= 0.6 is 11.3 Å². The number of hydrogen-bond donors (Lipinski definition) is 1. The lowest BCUT2D eigenvalue weighted by molar-refractivity contribution is 0.0951. The minimum Gasteiger partial charge on any atom is -0.490 e. The number of rotatable bonds is 7. The van der Waals surface area contributed by atoms with Gasteiger partial charge in [0.1, 0.15) is 6.61 Å². The second-order valence-corrected chi connectivity index (χ2v) is 4.91. The molecule has 0 unspecified atom stereocenters. The Balaban J connectivity index is 1.77. The fraction of sp³-hybridized carbons (Fsp3) is 0.267. The first-order chi connectivity index (χ1) is 9.81. The van der Waals surface area contributed by atoms with Crippen molar-refractivity contribution in [2.45, 2.75) is 6.92 Å². The van der Waals surface area contributed by atoms with Gasteiger partial charge >= 0.3 is 0 Å². The van der Waals surface area contributed by atoms with Crippen LogP contribution in [0.2, 0.25) is 0 Å². The third kappa shape index (κ3) is 3.99. The minimum atomic E-state index is -0.0679. The topological polar surface area (TPSA) is 47.6 Å². The van der Waals surface area contributed by atoms with Gasteiger partial charge in [0.05, 0.1) is 18.0 Å². The predicted molar refractivity (Wildman–Crippen MR) is 79.8 cm³/mol. The Morgan fingerprint density at radius 1 is 1.15 bits per heavy atom. The number of carbonyl (C=O) groups excluding carboxylic acids is 1. The Kier molecular flexibility index (Phi) is 5.43. The Hall–Kier alpha value is -2.01. The van der Waals surface area contributed by atoms with E-state index >= 15 is 0 Å². The lowest BCUT2D eigenvalue weighted by Gasteiger charge is -2.11. The van der Waals surface area contributed by atoms with E-state index in [2.05, 4.69) is 5.32 Å². The second kappa shape index (κ2) is 7.55. The monoisotopic (exact) mass is 291 g/mol. The molecule has 1 aromatic carbocycles. The van der Waals surface area contributed by atoms with Crippen LogP contribution in [-0.2, 0) is 0 Å². The van der Waals surface area contributed by atoms with Gasteiger partial charge in [-0.1, -0.05) is 18.2 Å². The second-order valence-electron chi connectivity index (χ2n) is 3.96. The number of amides is 1. The summed E-state index contributed by atoms with van der Waals surface area (Å²) in [6, 6.07) is 11.2. The van der Waals surface area contributed by atoms with Crippen molar-refractivity contribution in [3.8, 4) is 11.5 Å². The summed E-state index contributed by atoms with van der Waals surface area (Å²) >= 11 is 1.42. The average molecular weight is 291 g/mol. The van der Waals surface area contributed by atoms with Gasteiger partial charge in [0.25, 0.3) is 5.91 Å². The van der Waals surface area contributed by atoms with E-state index in [1.54, 1.807) is 6.07 Å². The zero-order valence-corrected chi connectivity index (χ0v) is 12.1. The van der Waals surface area contributed by atoms with Gasteiger partial charge in [0.15, 0.2) is 11.5 Å². The molecule has 0 saturated heterocycles. The first-order valence-corrected chi connectivity index (χ1v) is 7.35. The molecular formula is C15H17NO3S. The predicted octanol–water partition coefficient (Wildman–Crippen LogP) is 2.96. The van der Waals surface area contributed by atoms with E-state index in [9.17, 15) is 4.79 Å². The van der Waals surface area contributed by atoms with Gasteiger partial charge in [-0.25, -0.2) is 0 Å². The lowest BCUT2D eigenvalue weighted by Crippen LogP contribution is -2.27. The Bertz CT molecular complexity index is 540. The largest absolute Gasteiger partial charge is 0.490 e. The molecule has 0 fully saturated rings. The highest BCUT2D eigenvalue weighted by Gasteiger charge is 2.06. The molecule has 0 spiro atoms. The number of thiophene rings is 1. The van der Waals surface area contributed by atoms with Gasteiger partial charge in [-0.2, -0.15) is 0 Å². The third-order valence-electron chi connectivity index (χ3n) is 2.54. The summed E-state index contributed by atoms with van der Waals surface area (Å²) in [5, 5.41) is 4.69. The molecule has 106 valence electrons. The SMILES string of the molecule is CCOc1ccccc1OCCNC(=O)c1cccs1. The van der Waals surface area contributed by atoms with Crippen LogP contribution in [0.4, 0.5) is 0 Å². The van der Waals surface area contributed by atoms with Crippen molar-refractivity contribution in [3.05, 3.63) is 46.7 Å². The van der Waals surface area contributed by atoms with Gasteiger partial charge in [-0.05, 0) is 30.5 Å². The molecular weight excluding hydrogens is 274 g/mol. The van der Waals surface area contributed by atoms with Crippen LogP contribution in [0.1, 0.15) is 16.6 Å². The molecule has 0 aliphatic heterocycles. The molecule has 0 atom stereocenters. The van der Waals surface area contributed by atoms with Gasteiger partial charge < -0.3 is 14.8 Å². The maximum absolute atomic E-state index is 11.7. The molecule has 0 aliphatic rings. The Labute approximate surface area is 122 Å². The van der Waals surface area contributed by atoms with Crippen molar-refractivity contribution in [1.29, 1.82) is 0 Å². The number of hydrogen-bond acceptors (Lipinski definition) is 4. The fourth-order valence-electron chi connectivity index (χ4n) is 1.66. The minimum absolute atomic E-state index is 0.0679. The van der Waals surface area contributed by atoms with Crippen LogP contribution in [0.15, 0.2) is 41.8 Å². The summed E-state index contributed by atoms with van der Waals surface area (Å²) in [4.78, 5) is 12.4. The summed E-state index contributed by atoms with van der Waals surface area (Å²) in [6.07, 6.45) is 0. The maximum atomic E-state index is 11.7. The number of carbonyl (C=O) groups is 1. The van der Waals surface area contributed by atoms with Gasteiger partial charge in [-0.15, -0.1) is 11.3 Å². The van der Waals surface area contributed by atoms with E-state index in [0.717, 1.165) is 5.75 Å². The van der Waals surface area contributed by atoms with Gasteiger partial charge in [-0.3, -0.25) is 4.79 Å². The van der Waals surface area contributed by atoms with Crippen molar-refractivity contribution in [2.75, 3.05) is 19.8 Å². The van der Waals surface area contributed by atoms with Crippen molar-refractivity contribution in [1.82, 2.24) is 5.32 Å². The standard InChI is InChI=1S/C15H17NO3S/c1-2-18-12-6-3-4-7-13(12)19-10-9-16-15(17)14-8-5-11-20-14/h3-8,11H,2,9-10H2,1H3,(H,16,17). The molecule has 0 aliphatic carbocycles. The highest BCUT2D eigenvalue weighted by atomic mass is 32.1. The van der Waals surface area contributed by atoms with E-state index in [4.69, 9.17) is 9.47 Å². The Morgan fingerprint density at radius 2 is 1.90 bits per heavy atom. The van der Waals surface area contributed by atoms with Crippen LogP contribution in [-0.4, -0.2) is 25.7 Å². The van der Waals surface area contributed by atoms with Crippen LogP contribution < -0.4 is 14.8 Å². The fourth-order valence-corrected chi connectivity index (χ4v) is 2.30. The van der Waals surface area contributed by atoms with E-state index in [-0.39, 0.29) is 5.91 Å². The number of nitrogens with one attached hydrogen (secondary N) is 1. The molecule has 0 saturated carbocycles. The van der Waals surface area contributed by atoms with Crippen LogP contribution in [0.3, 0.4) is 0 Å². The van der Waals surface area contributed by atoms with Crippen molar-refractivity contribution >= 4 is 17.2 Å².